The molecule has 1 aromatic heterocycles. The Morgan fingerprint density at radius 3 is 3.06 bits per heavy atom. The minimum Gasteiger partial charge on any atom is -0.311 e. The third-order valence-electron chi connectivity index (χ3n) is 2.98. The molecule has 0 unspecified atom stereocenters. The van der Waals surface area contributed by atoms with Gasteiger partial charge in [0.1, 0.15) is 0 Å². The predicted molar refractivity (Wildman–Crippen MR) is 69.7 cm³/mol. The summed E-state index contributed by atoms with van der Waals surface area (Å²) in [5.41, 5.74) is 2.83. The Kier molecular flexibility index (Phi) is 4.55. The topological polar surface area (TPSA) is 24.9 Å². The van der Waals surface area contributed by atoms with Crippen LogP contribution in [0.2, 0.25) is 0 Å². The summed E-state index contributed by atoms with van der Waals surface area (Å²) in [6, 6.07) is 0. The molecular formula is C13H20N2S. The molecule has 88 valence electrons. The van der Waals surface area contributed by atoms with E-state index in [9.17, 15) is 0 Å². The maximum atomic E-state index is 4.44. The molecule has 0 bridgehead atoms. The molecule has 0 aromatic carbocycles. The van der Waals surface area contributed by atoms with Crippen molar-refractivity contribution in [2.45, 2.75) is 45.6 Å². The molecule has 0 radical (unpaired) electrons. The van der Waals surface area contributed by atoms with E-state index in [2.05, 4.69) is 28.7 Å². The molecule has 1 aromatic rings. The number of nitrogens with zero attached hydrogens (tertiary/aromatic N) is 1. The number of thiazole rings is 1. The van der Waals surface area contributed by atoms with Crippen molar-refractivity contribution in [3.8, 4) is 0 Å². The highest BCUT2D eigenvalue weighted by atomic mass is 32.1. The molecule has 0 fully saturated rings. The van der Waals surface area contributed by atoms with E-state index in [1.54, 1.807) is 16.9 Å². The van der Waals surface area contributed by atoms with E-state index in [0.717, 1.165) is 18.1 Å². The van der Waals surface area contributed by atoms with E-state index in [-0.39, 0.29) is 0 Å². The van der Waals surface area contributed by atoms with Crippen molar-refractivity contribution in [2.24, 2.45) is 0 Å². The molecule has 0 amide bonds. The van der Waals surface area contributed by atoms with Gasteiger partial charge in [0.15, 0.2) is 0 Å². The van der Waals surface area contributed by atoms with Gasteiger partial charge in [-0.15, -0.1) is 11.3 Å². The second-order valence-corrected chi connectivity index (χ2v) is 5.46. The average Bonchev–Trinajstić information content (AvgIpc) is 2.72. The summed E-state index contributed by atoms with van der Waals surface area (Å²) in [6.07, 6.45) is 9.02. The molecule has 1 aliphatic carbocycles. The maximum Gasteiger partial charge on any atom is 0.0897 e. The quantitative estimate of drug-likeness (QED) is 0.626. The van der Waals surface area contributed by atoms with Crippen molar-refractivity contribution in [1.82, 2.24) is 10.3 Å². The summed E-state index contributed by atoms with van der Waals surface area (Å²) in [6.45, 7) is 4.06. The van der Waals surface area contributed by atoms with Crippen LogP contribution in [0.15, 0.2) is 17.0 Å². The smallest absolute Gasteiger partial charge is 0.0897 e. The Bertz CT molecular complexity index is 355. The molecule has 0 saturated heterocycles. The normalized spacial score (nSPS) is 16.2. The fraction of sp³-hybridized carbons (Fsp3) is 0.615. The van der Waals surface area contributed by atoms with Gasteiger partial charge in [-0.05, 0) is 45.6 Å². The highest BCUT2D eigenvalue weighted by molar-refractivity contribution is 7.09. The van der Waals surface area contributed by atoms with Crippen molar-refractivity contribution >= 4 is 11.3 Å². The Balaban J connectivity index is 1.63. The highest BCUT2D eigenvalue weighted by Crippen LogP contribution is 2.19. The van der Waals surface area contributed by atoms with Gasteiger partial charge in [-0.2, -0.15) is 0 Å². The monoisotopic (exact) mass is 236 g/mol. The summed E-state index contributed by atoms with van der Waals surface area (Å²) in [5.74, 6) is 0. The molecule has 1 N–H and O–H groups in total. The van der Waals surface area contributed by atoms with Crippen molar-refractivity contribution in [1.29, 1.82) is 0 Å². The molecule has 1 heterocycles. The SMILES string of the molecule is Cc1nc(CNCCC2=CCCCC2)cs1. The molecule has 2 rings (SSSR count). The molecule has 0 atom stereocenters. The second kappa shape index (κ2) is 6.16. The summed E-state index contributed by atoms with van der Waals surface area (Å²) in [5, 5.41) is 6.77. The van der Waals surface area contributed by atoms with Gasteiger partial charge in [-0.25, -0.2) is 4.98 Å². The van der Waals surface area contributed by atoms with Crippen LogP contribution < -0.4 is 5.32 Å². The lowest BCUT2D eigenvalue weighted by molar-refractivity contribution is 0.628. The maximum absolute atomic E-state index is 4.44. The summed E-state index contributed by atoms with van der Waals surface area (Å²) in [7, 11) is 0. The van der Waals surface area contributed by atoms with Gasteiger partial charge in [0, 0.05) is 11.9 Å². The molecule has 2 nitrogen and oxygen atoms in total. The van der Waals surface area contributed by atoms with Gasteiger partial charge in [0.25, 0.3) is 0 Å². The zero-order valence-electron chi connectivity index (χ0n) is 9.96. The van der Waals surface area contributed by atoms with Crippen LogP contribution in [0.3, 0.4) is 0 Å². The van der Waals surface area contributed by atoms with Gasteiger partial charge in [0.05, 0.1) is 10.7 Å². The van der Waals surface area contributed by atoms with Crippen molar-refractivity contribution in [2.75, 3.05) is 6.54 Å². The van der Waals surface area contributed by atoms with Gasteiger partial charge in [-0.3, -0.25) is 0 Å². The standard InChI is InChI=1S/C13H20N2S/c1-11-15-13(10-16-11)9-14-8-7-12-5-3-2-4-6-12/h5,10,14H,2-4,6-9H2,1H3. The van der Waals surface area contributed by atoms with Crippen LogP contribution in [-0.4, -0.2) is 11.5 Å². The van der Waals surface area contributed by atoms with Gasteiger partial charge < -0.3 is 5.32 Å². The van der Waals surface area contributed by atoms with Crippen molar-refractivity contribution in [3.05, 3.63) is 27.7 Å². The van der Waals surface area contributed by atoms with E-state index >= 15 is 0 Å². The van der Waals surface area contributed by atoms with Crippen LogP contribution >= 0.6 is 11.3 Å². The van der Waals surface area contributed by atoms with E-state index in [0.29, 0.717) is 0 Å². The predicted octanol–water partition coefficient (Wildman–Crippen LogP) is 3.43. The van der Waals surface area contributed by atoms with Crippen molar-refractivity contribution < 1.29 is 0 Å². The Morgan fingerprint density at radius 1 is 1.44 bits per heavy atom. The van der Waals surface area contributed by atoms with Gasteiger partial charge >= 0.3 is 0 Å². The lowest BCUT2D eigenvalue weighted by atomic mass is 9.97. The largest absolute Gasteiger partial charge is 0.311 e. The van der Waals surface area contributed by atoms with E-state index in [1.807, 2.05) is 0 Å². The minimum absolute atomic E-state index is 0.914. The highest BCUT2D eigenvalue weighted by Gasteiger charge is 2.03. The Morgan fingerprint density at radius 2 is 2.38 bits per heavy atom. The van der Waals surface area contributed by atoms with Crippen LogP contribution in [0.5, 0.6) is 0 Å². The summed E-state index contributed by atoms with van der Waals surface area (Å²) >= 11 is 1.73. The Hall–Kier alpha value is -0.670. The zero-order chi connectivity index (χ0) is 11.2. The molecule has 0 aliphatic heterocycles. The van der Waals surface area contributed by atoms with E-state index in [1.165, 1.54) is 37.8 Å². The second-order valence-electron chi connectivity index (χ2n) is 4.39. The molecule has 16 heavy (non-hydrogen) atoms. The van der Waals surface area contributed by atoms with Crippen LogP contribution in [0.1, 0.15) is 42.8 Å². The van der Waals surface area contributed by atoms with E-state index < -0.39 is 0 Å². The van der Waals surface area contributed by atoms with Crippen molar-refractivity contribution in [3.63, 3.8) is 0 Å². The summed E-state index contributed by atoms with van der Waals surface area (Å²) in [4.78, 5) is 4.44. The number of aromatic nitrogens is 1. The Labute approximate surface area is 102 Å². The first-order chi connectivity index (χ1) is 7.84. The molecule has 3 heteroatoms. The lowest BCUT2D eigenvalue weighted by Gasteiger charge is -2.12. The van der Waals surface area contributed by atoms with Crippen LogP contribution in [0.4, 0.5) is 0 Å². The molecule has 1 aliphatic rings. The first-order valence-corrected chi connectivity index (χ1v) is 7.02. The fourth-order valence-corrected chi connectivity index (χ4v) is 2.70. The molecule has 0 spiro atoms. The van der Waals surface area contributed by atoms with Gasteiger partial charge in [0.2, 0.25) is 0 Å². The zero-order valence-corrected chi connectivity index (χ0v) is 10.8. The molecule has 0 saturated carbocycles. The number of rotatable bonds is 5. The fourth-order valence-electron chi connectivity index (χ4n) is 2.09. The van der Waals surface area contributed by atoms with E-state index in [4.69, 9.17) is 0 Å². The van der Waals surface area contributed by atoms with Gasteiger partial charge in [-0.1, -0.05) is 11.6 Å². The average molecular weight is 236 g/mol. The number of allylic oxidation sites excluding steroid dienone is 1. The first-order valence-electron chi connectivity index (χ1n) is 6.14. The number of hydrogen-bond donors (Lipinski definition) is 1. The number of hydrogen-bond acceptors (Lipinski definition) is 3. The molecular weight excluding hydrogens is 216 g/mol. The minimum atomic E-state index is 0.914. The van der Waals surface area contributed by atoms with Crippen LogP contribution in [0, 0.1) is 6.92 Å². The third-order valence-corrected chi connectivity index (χ3v) is 3.80. The summed E-state index contributed by atoms with van der Waals surface area (Å²) < 4.78 is 0. The number of aryl methyl sites for hydroxylation is 1. The lowest BCUT2D eigenvalue weighted by Crippen LogP contribution is -2.15. The third kappa shape index (κ3) is 3.72. The van der Waals surface area contributed by atoms with Crippen LogP contribution in [0.25, 0.3) is 0 Å². The van der Waals surface area contributed by atoms with Crippen LogP contribution in [-0.2, 0) is 6.54 Å². The first kappa shape index (κ1) is 11.8. The number of nitrogens with one attached hydrogen (secondary N) is 1.